The Morgan fingerprint density at radius 3 is 2.67 bits per heavy atom. The maximum Gasteiger partial charge on any atom is 0.191 e. The third kappa shape index (κ3) is 8.27. The molecule has 0 radical (unpaired) electrons. The smallest absolute Gasteiger partial charge is 0.191 e. The van der Waals surface area contributed by atoms with Gasteiger partial charge in [0.25, 0.3) is 0 Å². The minimum absolute atomic E-state index is 0.505. The normalized spacial score (nSPS) is 17.1. The second-order valence-electron chi connectivity index (χ2n) is 5.80. The van der Waals surface area contributed by atoms with Crippen LogP contribution in [0.2, 0.25) is 0 Å². The average molecular weight is 298 g/mol. The first kappa shape index (κ1) is 18.2. The minimum atomic E-state index is 0.505. The zero-order chi connectivity index (χ0) is 15.5. The Balaban J connectivity index is 2.21. The van der Waals surface area contributed by atoms with Crippen LogP contribution in [-0.4, -0.2) is 62.8 Å². The van der Waals surface area contributed by atoms with E-state index >= 15 is 0 Å². The van der Waals surface area contributed by atoms with Gasteiger partial charge in [-0.05, 0) is 53.5 Å². The van der Waals surface area contributed by atoms with Gasteiger partial charge in [0.15, 0.2) is 5.96 Å². The highest BCUT2D eigenvalue weighted by atomic mass is 16.5. The third-order valence-corrected chi connectivity index (χ3v) is 3.89. The lowest BCUT2D eigenvalue weighted by atomic mass is 10.3. The number of hydrogen-bond acceptors (Lipinski definition) is 3. The highest BCUT2D eigenvalue weighted by Gasteiger charge is 2.28. The first-order chi connectivity index (χ1) is 10.2. The molecule has 0 heterocycles. The van der Waals surface area contributed by atoms with Crippen molar-refractivity contribution in [1.29, 1.82) is 0 Å². The van der Waals surface area contributed by atoms with E-state index in [9.17, 15) is 0 Å². The SMILES string of the molecule is CCNC(=NCC(C)N(C)C1CC1)NCCCCOCC. The molecule has 1 aliphatic rings. The Hall–Kier alpha value is -0.810. The standard InChI is InChI=1S/C16H34N4O/c1-5-17-16(18-11-7-8-12-21-6-2)19-13-14(3)20(4)15-9-10-15/h14-15H,5-13H2,1-4H3,(H2,17,18,19). The van der Waals surface area contributed by atoms with E-state index in [1.54, 1.807) is 0 Å². The van der Waals surface area contributed by atoms with Gasteiger partial charge in [-0.2, -0.15) is 0 Å². The highest BCUT2D eigenvalue weighted by Crippen LogP contribution is 2.26. The molecule has 2 N–H and O–H groups in total. The fraction of sp³-hybridized carbons (Fsp3) is 0.938. The second kappa shape index (κ2) is 10.9. The van der Waals surface area contributed by atoms with Crippen LogP contribution in [0.25, 0.3) is 0 Å². The van der Waals surface area contributed by atoms with Crippen LogP contribution in [0.3, 0.4) is 0 Å². The van der Waals surface area contributed by atoms with Gasteiger partial charge in [0.05, 0.1) is 6.54 Å². The molecule has 1 saturated carbocycles. The van der Waals surface area contributed by atoms with Crippen LogP contribution < -0.4 is 10.6 Å². The van der Waals surface area contributed by atoms with Crippen LogP contribution in [0, 0.1) is 0 Å². The summed E-state index contributed by atoms with van der Waals surface area (Å²) in [6.45, 7) is 10.8. The molecule has 124 valence electrons. The molecule has 5 heteroatoms. The maximum atomic E-state index is 5.34. The molecule has 0 bridgehead atoms. The molecule has 0 saturated heterocycles. The van der Waals surface area contributed by atoms with Crippen molar-refractivity contribution in [2.75, 3.05) is 39.9 Å². The van der Waals surface area contributed by atoms with Crippen molar-refractivity contribution in [2.45, 2.75) is 58.5 Å². The van der Waals surface area contributed by atoms with E-state index in [4.69, 9.17) is 9.73 Å². The van der Waals surface area contributed by atoms with Gasteiger partial charge < -0.3 is 15.4 Å². The molecule has 1 rings (SSSR count). The number of hydrogen-bond donors (Lipinski definition) is 2. The lowest BCUT2D eigenvalue weighted by molar-refractivity contribution is 0.143. The molecule has 0 aromatic heterocycles. The molecule has 0 spiro atoms. The van der Waals surface area contributed by atoms with Crippen LogP contribution in [0.4, 0.5) is 0 Å². The van der Waals surface area contributed by atoms with Gasteiger partial charge in [-0.15, -0.1) is 0 Å². The van der Waals surface area contributed by atoms with Crippen molar-refractivity contribution in [2.24, 2.45) is 4.99 Å². The van der Waals surface area contributed by atoms with Gasteiger partial charge in [-0.25, -0.2) is 0 Å². The topological polar surface area (TPSA) is 48.9 Å². The van der Waals surface area contributed by atoms with Gasteiger partial charge in [0, 0.05) is 38.4 Å². The summed E-state index contributed by atoms with van der Waals surface area (Å²) < 4.78 is 5.34. The molecule has 1 atom stereocenters. The number of ether oxygens (including phenoxy) is 1. The quantitative estimate of drug-likeness (QED) is 0.347. The van der Waals surface area contributed by atoms with Crippen molar-refractivity contribution in [3.05, 3.63) is 0 Å². The number of nitrogens with zero attached hydrogens (tertiary/aromatic N) is 2. The molecule has 1 fully saturated rings. The van der Waals surface area contributed by atoms with E-state index in [-0.39, 0.29) is 0 Å². The van der Waals surface area contributed by atoms with Crippen molar-refractivity contribution in [1.82, 2.24) is 15.5 Å². The van der Waals surface area contributed by atoms with Crippen LogP contribution >= 0.6 is 0 Å². The average Bonchev–Trinajstić information content (AvgIpc) is 3.31. The van der Waals surface area contributed by atoms with E-state index in [0.717, 1.165) is 57.7 Å². The van der Waals surface area contributed by atoms with Crippen molar-refractivity contribution in [3.8, 4) is 0 Å². The Morgan fingerprint density at radius 1 is 1.29 bits per heavy atom. The third-order valence-electron chi connectivity index (χ3n) is 3.89. The number of guanidine groups is 1. The molecule has 0 aromatic rings. The van der Waals surface area contributed by atoms with Gasteiger partial charge >= 0.3 is 0 Å². The van der Waals surface area contributed by atoms with Crippen LogP contribution in [0.15, 0.2) is 4.99 Å². The first-order valence-corrected chi connectivity index (χ1v) is 8.50. The van der Waals surface area contributed by atoms with E-state index in [1.165, 1.54) is 12.8 Å². The summed E-state index contributed by atoms with van der Waals surface area (Å²) in [5, 5.41) is 6.71. The number of rotatable bonds is 11. The van der Waals surface area contributed by atoms with Gasteiger partial charge in [0.1, 0.15) is 0 Å². The molecule has 1 aliphatic carbocycles. The molecule has 0 aromatic carbocycles. The van der Waals surface area contributed by atoms with Gasteiger partial charge in [-0.1, -0.05) is 0 Å². The number of likely N-dealkylation sites (N-methyl/N-ethyl adjacent to an activating group) is 1. The molecule has 0 aliphatic heterocycles. The van der Waals surface area contributed by atoms with Gasteiger partial charge in [-0.3, -0.25) is 9.89 Å². The van der Waals surface area contributed by atoms with Crippen molar-refractivity contribution < 1.29 is 4.74 Å². The number of nitrogens with one attached hydrogen (secondary N) is 2. The molecule has 21 heavy (non-hydrogen) atoms. The highest BCUT2D eigenvalue weighted by molar-refractivity contribution is 5.79. The Morgan fingerprint density at radius 2 is 2.05 bits per heavy atom. The molecular weight excluding hydrogens is 264 g/mol. The summed E-state index contributed by atoms with van der Waals surface area (Å²) in [4.78, 5) is 7.15. The van der Waals surface area contributed by atoms with Gasteiger partial charge in [0.2, 0.25) is 0 Å². The zero-order valence-corrected chi connectivity index (χ0v) is 14.3. The van der Waals surface area contributed by atoms with E-state index in [1.807, 2.05) is 6.92 Å². The summed E-state index contributed by atoms with van der Waals surface area (Å²) in [6.07, 6.45) is 4.91. The second-order valence-corrected chi connectivity index (χ2v) is 5.80. The fourth-order valence-corrected chi connectivity index (χ4v) is 2.22. The van der Waals surface area contributed by atoms with E-state index in [2.05, 4.69) is 36.4 Å². The van der Waals surface area contributed by atoms with E-state index < -0.39 is 0 Å². The Labute approximate surface area is 130 Å². The lowest BCUT2D eigenvalue weighted by Crippen LogP contribution is -2.40. The summed E-state index contributed by atoms with van der Waals surface area (Å²) in [6, 6.07) is 1.30. The Bertz CT molecular complexity index is 292. The predicted molar refractivity (Wildman–Crippen MR) is 90.0 cm³/mol. The summed E-state index contributed by atoms with van der Waals surface area (Å²) in [7, 11) is 2.21. The zero-order valence-electron chi connectivity index (χ0n) is 14.3. The number of unbranched alkanes of at least 4 members (excludes halogenated alkanes) is 1. The molecule has 1 unspecified atom stereocenters. The summed E-state index contributed by atoms with van der Waals surface area (Å²) in [5.41, 5.74) is 0. The van der Waals surface area contributed by atoms with Crippen molar-refractivity contribution >= 4 is 5.96 Å². The molecule has 5 nitrogen and oxygen atoms in total. The fourth-order valence-electron chi connectivity index (χ4n) is 2.22. The summed E-state index contributed by atoms with van der Waals surface area (Å²) in [5.74, 6) is 0.935. The van der Waals surface area contributed by atoms with E-state index in [0.29, 0.717) is 6.04 Å². The van der Waals surface area contributed by atoms with Crippen LogP contribution in [0.1, 0.15) is 46.5 Å². The summed E-state index contributed by atoms with van der Waals surface area (Å²) >= 11 is 0. The lowest BCUT2D eigenvalue weighted by Gasteiger charge is -2.23. The minimum Gasteiger partial charge on any atom is -0.382 e. The molecule has 0 amide bonds. The van der Waals surface area contributed by atoms with Crippen LogP contribution in [0.5, 0.6) is 0 Å². The first-order valence-electron chi connectivity index (χ1n) is 8.50. The van der Waals surface area contributed by atoms with Crippen molar-refractivity contribution in [3.63, 3.8) is 0 Å². The predicted octanol–water partition coefficient (Wildman–Crippen LogP) is 1.84. The Kier molecular flexibility index (Phi) is 9.42. The largest absolute Gasteiger partial charge is 0.382 e. The number of aliphatic imine (C=N–C) groups is 1. The van der Waals surface area contributed by atoms with Crippen LogP contribution in [-0.2, 0) is 4.74 Å². The molecular formula is C16H34N4O. The monoisotopic (exact) mass is 298 g/mol. The maximum absolute atomic E-state index is 5.34.